The average molecular weight is 206 g/mol. The largest absolute Gasteiger partial charge is 0.289 e. The van der Waals surface area contributed by atoms with Crippen molar-refractivity contribution in [1.29, 1.82) is 0 Å². The normalized spacial score (nSPS) is 12.6. The second kappa shape index (κ2) is 3.89. The van der Waals surface area contributed by atoms with Gasteiger partial charge in [0.15, 0.2) is 0 Å². The van der Waals surface area contributed by atoms with Crippen LogP contribution in [0.1, 0.15) is 0 Å². The third-order valence-corrected chi connectivity index (χ3v) is 2.36. The van der Waals surface area contributed by atoms with Gasteiger partial charge in [0.25, 0.3) is 11.3 Å². The van der Waals surface area contributed by atoms with Gasteiger partial charge in [-0.2, -0.15) is 0 Å². The smallest absolute Gasteiger partial charge is 0.261 e. The van der Waals surface area contributed by atoms with Crippen molar-refractivity contribution in [2.45, 2.75) is 0 Å². The van der Waals surface area contributed by atoms with Gasteiger partial charge in [-0.3, -0.25) is 8.86 Å². The maximum atomic E-state index is 10.6. The minimum absolute atomic E-state index is 0.607. The third kappa shape index (κ3) is 2.20. The molecular weight excluding hydrogens is 198 g/mol. The number of benzene rings is 1. The molecule has 0 aromatic heterocycles. The zero-order valence-corrected chi connectivity index (χ0v) is 7.97. The van der Waals surface area contributed by atoms with Crippen molar-refractivity contribution in [2.75, 3.05) is 11.4 Å². The fourth-order valence-corrected chi connectivity index (χ4v) is 1.17. The standard InChI is InChI=1S/C7H8ClNO2S/c1-9(12(10)11)7-4-2-6(8)3-5-7/h2-5H,1H3,(H,10,11). The lowest BCUT2D eigenvalue weighted by molar-refractivity contribution is 0.562. The monoisotopic (exact) mass is 205 g/mol. The van der Waals surface area contributed by atoms with Crippen LogP contribution in [-0.4, -0.2) is 15.8 Å². The molecule has 0 spiro atoms. The fourth-order valence-electron chi connectivity index (χ4n) is 0.741. The van der Waals surface area contributed by atoms with Gasteiger partial charge < -0.3 is 0 Å². The molecule has 0 aliphatic rings. The van der Waals surface area contributed by atoms with E-state index in [0.717, 1.165) is 0 Å². The summed E-state index contributed by atoms with van der Waals surface area (Å²) in [6.07, 6.45) is 0. The number of nitrogens with zero attached hydrogens (tertiary/aromatic N) is 1. The summed E-state index contributed by atoms with van der Waals surface area (Å²) in [6.45, 7) is 0. The van der Waals surface area contributed by atoms with Crippen LogP contribution >= 0.6 is 11.6 Å². The first-order chi connectivity index (χ1) is 5.61. The van der Waals surface area contributed by atoms with Crippen molar-refractivity contribution in [2.24, 2.45) is 0 Å². The highest BCUT2D eigenvalue weighted by Crippen LogP contribution is 2.17. The number of anilines is 1. The van der Waals surface area contributed by atoms with E-state index >= 15 is 0 Å². The van der Waals surface area contributed by atoms with Crippen LogP contribution in [0, 0.1) is 0 Å². The predicted octanol–water partition coefficient (Wildman–Crippen LogP) is 1.91. The zero-order valence-electron chi connectivity index (χ0n) is 6.40. The van der Waals surface area contributed by atoms with Gasteiger partial charge in [0.2, 0.25) is 0 Å². The lowest BCUT2D eigenvalue weighted by atomic mass is 10.3. The predicted molar refractivity (Wildman–Crippen MR) is 50.6 cm³/mol. The first-order valence-corrected chi connectivity index (χ1v) is 4.65. The van der Waals surface area contributed by atoms with Crippen LogP contribution in [0.5, 0.6) is 0 Å². The molecule has 1 aromatic rings. The summed E-state index contributed by atoms with van der Waals surface area (Å²) < 4.78 is 20.5. The van der Waals surface area contributed by atoms with E-state index in [-0.39, 0.29) is 0 Å². The van der Waals surface area contributed by atoms with E-state index in [1.54, 1.807) is 24.3 Å². The molecule has 0 saturated heterocycles. The first-order valence-electron chi connectivity index (χ1n) is 3.21. The summed E-state index contributed by atoms with van der Waals surface area (Å²) in [5.41, 5.74) is 0.653. The van der Waals surface area contributed by atoms with Crippen LogP contribution in [0.2, 0.25) is 5.02 Å². The highest BCUT2D eigenvalue weighted by Gasteiger charge is 2.04. The highest BCUT2D eigenvalue weighted by atomic mass is 35.5. The number of halogens is 1. The molecule has 0 heterocycles. The minimum Gasteiger partial charge on any atom is -0.289 e. The zero-order chi connectivity index (χ0) is 9.14. The molecule has 66 valence electrons. The summed E-state index contributed by atoms with van der Waals surface area (Å²) in [7, 11) is 1.53. The molecule has 0 bridgehead atoms. The van der Waals surface area contributed by atoms with Crippen molar-refractivity contribution in [3.8, 4) is 0 Å². The van der Waals surface area contributed by atoms with E-state index in [1.165, 1.54) is 11.4 Å². The van der Waals surface area contributed by atoms with E-state index in [4.69, 9.17) is 16.2 Å². The Morgan fingerprint density at radius 3 is 2.33 bits per heavy atom. The SMILES string of the molecule is CN(c1ccc(Cl)cc1)S(=O)O. The highest BCUT2D eigenvalue weighted by molar-refractivity contribution is 7.80. The number of hydrogen-bond donors (Lipinski definition) is 1. The van der Waals surface area contributed by atoms with Gasteiger partial charge in [-0.15, -0.1) is 0 Å². The van der Waals surface area contributed by atoms with Crippen LogP contribution in [0.3, 0.4) is 0 Å². The van der Waals surface area contributed by atoms with Crippen molar-refractivity contribution < 1.29 is 8.76 Å². The van der Waals surface area contributed by atoms with Crippen molar-refractivity contribution in [3.63, 3.8) is 0 Å². The Kier molecular flexibility index (Phi) is 3.08. The minimum atomic E-state index is -1.98. The second-order valence-electron chi connectivity index (χ2n) is 2.20. The summed E-state index contributed by atoms with van der Waals surface area (Å²) in [6, 6.07) is 6.69. The maximum Gasteiger partial charge on any atom is 0.261 e. The molecule has 5 heteroatoms. The van der Waals surface area contributed by atoms with E-state index in [2.05, 4.69) is 0 Å². The molecular formula is C7H8ClNO2S. The molecule has 0 aliphatic heterocycles. The third-order valence-electron chi connectivity index (χ3n) is 1.42. The summed E-state index contributed by atoms with van der Waals surface area (Å²) in [5, 5.41) is 0.607. The van der Waals surface area contributed by atoms with Gasteiger partial charge in [0.1, 0.15) is 0 Å². The molecule has 0 fully saturated rings. The second-order valence-corrected chi connectivity index (χ2v) is 3.65. The molecule has 0 aliphatic carbocycles. The van der Waals surface area contributed by atoms with Crippen LogP contribution in [0.15, 0.2) is 24.3 Å². The van der Waals surface area contributed by atoms with Gasteiger partial charge in [-0.25, -0.2) is 4.21 Å². The van der Waals surface area contributed by atoms with Gasteiger partial charge in [0.05, 0.1) is 5.69 Å². The van der Waals surface area contributed by atoms with Gasteiger partial charge >= 0.3 is 0 Å². The van der Waals surface area contributed by atoms with E-state index in [9.17, 15) is 4.21 Å². The quantitative estimate of drug-likeness (QED) is 0.750. The number of rotatable bonds is 2. The fraction of sp³-hybridized carbons (Fsp3) is 0.143. The van der Waals surface area contributed by atoms with Crippen molar-refractivity contribution in [3.05, 3.63) is 29.3 Å². The van der Waals surface area contributed by atoms with E-state index in [1.807, 2.05) is 0 Å². The Balaban J connectivity index is 2.89. The molecule has 1 atom stereocenters. The van der Waals surface area contributed by atoms with Crippen LogP contribution in [-0.2, 0) is 11.3 Å². The molecule has 1 unspecified atom stereocenters. The molecule has 1 rings (SSSR count). The molecule has 12 heavy (non-hydrogen) atoms. The molecule has 1 aromatic carbocycles. The van der Waals surface area contributed by atoms with Crippen molar-refractivity contribution in [1.82, 2.24) is 0 Å². The molecule has 0 amide bonds. The van der Waals surface area contributed by atoms with Gasteiger partial charge in [-0.1, -0.05) is 11.6 Å². The van der Waals surface area contributed by atoms with Gasteiger partial charge in [-0.05, 0) is 24.3 Å². The maximum absolute atomic E-state index is 10.6. The Morgan fingerprint density at radius 1 is 1.42 bits per heavy atom. The van der Waals surface area contributed by atoms with Crippen LogP contribution in [0.4, 0.5) is 5.69 Å². The van der Waals surface area contributed by atoms with Crippen LogP contribution < -0.4 is 4.31 Å². The molecule has 0 saturated carbocycles. The number of hydrogen-bond acceptors (Lipinski definition) is 1. The summed E-state index contributed by atoms with van der Waals surface area (Å²) in [4.78, 5) is 0. The van der Waals surface area contributed by atoms with Crippen LogP contribution in [0.25, 0.3) is 0 Å². The van der Waals surface area contributed by atoms with E-state index < -0.39 is 11.3 Å². The lowest BCUT2D eigenvalue weighted by Gasteiger charge is -2.12. The first kappa shape index (κ1) is 9.51. The lowest BCUT2D eigenvalue weighted by Crippen LogP contribution is -2.18. The molecule has 1 N–H and O–H groups in total. The van der Waals surface area contributed by atoms with Crippen molar-refractivity contribution >= 4 is 28.6 Å². The van der Waals surface area contributed by atoms with E-state index in [0.29, 0.717) is 10.7 Å². The average Bonchev–Trinajstić information content (AvgIpc) is 2.04. The Bertz CT molecular complexity index is 288. The topological polar surface area (TPSA) is 40.5 Å². The summed E-state index contributed by atoms with van der Waals surface area (Å²) in [5.74, 6) is 0. The van der Waals surface area contributed by atoms with Gasteiger partial charge in [0, 0.05) is 12.1 Å². The molecule has 3 nitrogen and oxygen atoms in total. The Morgan fingerprint density at radius 2 is 1.92 bits per heavy atom. The summed E-state index contributed by atoms with van der Waals surface area (Å²) >= 11 is 3.66. The Labute approximate surface area is 78.4 Å². The molecule has 0 radical (unpaired) electrons. The Hall–Kier alpha value is -0.580.